The maximum Gasteiger partial charge on any atom is 0.241 e. The number of carbonyl (C=O) groups excluding carboxylic acids is 2. The quantitative estimate of drug-likeness (QED) is 0.628. The second kappa shape index (κ2) is 4.26. The van der Waals surface area contributed by atoms with E-state index < -0.39 is 29.4 Å². The number of ether oxygens (including phenoxy) is 1. The molecule has 3 aliphatic heterocycles. The van der Waals surface area contributed by atoms with Crippen LogP contribution in [0.1, 0.15) is 5.56 Å². The van der Waals surface area contributed by atoms with Gasteiger partial charge >= 0.3 is 0 Å². The molecule has 6 heteroatoms. The standard InChI is InChI=1S/C16H12N2O4/c17-7-9-3-1-2-4-10(9)18-14(20)12-11-5-6-16(8-19,22-11)13(12)15(18)21/h1-6,11-13,19H,8H2/t11-,12+,13-,16-/m0/s1. The minimum absolute atomic E-state index is 0.267. The maximum absolute atomic E-state index is 12.8. The van der Waals surface area contributed by atoms with Gasteiger partial charge in [-0.05, 0) is 12.1 Å². The van der Waals surface area contributed by atoms with Crippen molar-refractivity contribution in [2.75, 3.05) is 11.5 Å². The van der Waals surface area contributed by atoms with Crippen molar-refractivity contribution in [1.29, 1.82) is 5.26 Å². The first kappa shape index (κ1) is 13.2. The summed E-state index contributed by atoms with van der Waals surface area (Å²) < 4.78 is 5.66. The van der Waals surface area contributed by atoms with Crippen molar-refractivity contribution in [3.8, 4) is 6.07 Å². The number of hydrogen-bond acceptors (Lipinski definition) is 5. The fraction of sp³-hybridized carbons (Fsp3) is 0.312. The van der Waals surface area contributed by atoms with Crippen molar-refractivity contribution in [2.24, 2.45) is 11.8 Å². The fourth-order valence-corrected chi connectivity index (χ4v) is 3.68. The summed E-state index contributed by atoms with van der Waals surface area (Å²) >= 11 is 0. The van der Waals surface area contributed by atoms with Crippen LogP contribution >= 0.6 is 0 Å². The van der Waals surface area contributed by atoms with Crippen molar-refractivity contribution in [3.63, 3.8) is 0 Å². The molecule has 4 atom stereocenters. The van der Waals surface area contributed by atoms with Crippen molar-refractivity contribution in [2.45, 2.75) is 11.7 Å². The van der Waals surface area contributed by atoms with Crippen LogP contribution < -0.4 is 4.90 Å². The van der Waals surface area contributed by atoms with Crippen molar-refractivity contribution in [3.05, 3.63) is 42.0 Å². The summed E-state index contributed by atoms with van der Waals surface area (Å²) in [7, 11) is 0. The Kier molecular flexibility index (Phi) is 2.55. The monoisotopic (exact) mass is 296 g/mol. The highest BCUT2D eigenvalue weighted by molar-refractivity contribution is 6.23. The maximum atomic E-state index is 12.8. The summed E-state index contributed by atoms with van der Waals surface area (Å²) in [6, 6.07) is 8.50. The molecule has 3 heterocycles. The topological polar surface area (TPSA) is 90.6 Å². The van der Waals surface area contributed by atoms with E-state index in [9.17, 15) is 20.0 Å². The minimum atomic E-state index is -1.11. The third kappa shape index (κ3) is 1.39. The SMILES string of the molecule is N#Cc1ccccc1N1C(=O)[C@@H]2[C@@H]3C=C[C@@](CO)(O3)[C@@H]2C1=O. The number of amides is 2. The number of imide groups is 1. The molecular formula is C16H12N2O4. The van der Waals surface area contributed by atoms with Crippen LogP contribution in [0.15, 0.2) is 36.4 Å². The lowest BCUT2D eigenvalue weighted by atomic mass is 9.77. The molecule has 0 aliphatic carbocycles. The van der Waals surface area contributed by atoms with Gasteiger partial charge in [0, 0.05) is 0 Å². The number of nitriles is 1. The highest BCUT2D eigenvalue weighted by Gasteiger charge is 2.67. The molecule has 2 saturated heterocycles. The summed E-state index contributed by atoms with van der Waals surface area (Å²) in [5, 5.41) is 18.8. The lowest BCUT2D eigenvalue weighted by Crippen LogP contribution is -2.43. The molecule has 2 amide bonds. The van der Waals surface area contributed by atoms with E-state index >= 15 is 0 Å². The summed E-state index contributed by atoms with van der Waals surface area (Å²) in [4.78, 5) is 26.6. The van der Waals surface area contributed by atoms with Crippen molar-refractivity contribution >= 4 is 17.5 Å². The van der Waals surface area contributed by atoms with E-state index in [1.807, 2.05) is 6.07 Å². The molecule has 22 heavy (non-hydrogen) atoms. The Morgan fingerprint density at radius 3 is 2.82 bits per heavy atom. The predicted molar refractivity (Wildman–Crippen MR) is 74.5 cm³/mol. The third-order valence-electron chi connectivity index (χ3n) is 4.67. The first-order chi connectivity index (χ1) is 10.6. The number of rotatable bonds is 2. The van der Waals surface area contributed by atoms with Gasteiger partial charge in [0.15, 0.2) is 0 Å². The smallest absolute Gasteiger partial charge is 0.241 e. The van der Waals surface area contributed by atoms with Crippen molar-refractivity contribution in [1.82, 2.24) is 0 Å². The van der Waals surface area contributed by atoms with Gasteiger partial charge in [-0.1, -0.05) is 24.3 Å². The molecule has 1 N–H and O–H groups in total. The Morgan fingerprint density at radius 1 is 1.32 bits per heavy atom. The third-order valence-corrected chi connectivity index (χ3v) is 4.67. The second-order valence-corrected chi connectivity index (χ2v) is 5.70. The zero-order chi connectivity index (χ0) is 15.5. The number of carbonyl (C=O) groups is 2. The molecule has 2 fully saturated rings. The number of nitrogens with zero attached hydrogens (tertiary/aromatic N) is 2. The predicted octanol–water partition coefficient (Wildman–Crippen LogP) is 0.364. The highest BCUT2D eigenvalue weighted by atomic mass is 16.5. The van der Waals surface area contributed by atoms with Gasteiger partial charge in [-0.15, -0.1) is 0 Å². The molecule has 0 spiro atoms. The van der Waals surface area contributed by atoms with E-state index in [-0.39, 0.29) is 18.1 Å². The number of fused-ring (bicyclic) bond motifs is 5. The molecule has 1 aromatic carbocycles. The molecule has 1 aromatic rings. The molecule has 4 rings (SSSR count). The van der Waals surface area contributed by atoms with Gasteiger partial charge in [-0.2, -0.15) is 5.26 Å². The van der Waals surface area contributed by atoms with Crippen LogP contribution in [-0.4, -0.2) is 35.2 Å². The van der Waals surface area contributed by atoms with E-state index in [1.165, 1.54) is 0 Å². The Balaban J connectivity index is 1.82. The number of aliphatic hydroxyl groups excluding tert-OH is 1. The van der Waals surface area contributed by atoms with Gasteiger partial charge < -0.3 is 9.84 Å². The average molecular weight is 296 g/mol. The van der Waals surface area contributed by atoms with Gasteiger partial charge in [0.25, 0.3) is 0 Å². The van der Waals surface area contributed by atoms with Crippen LogP contribution in [0.2, 0.25) is 0 Å². The van der Waals surface area contributed by atoms with E-state index in [4.69, 9.17) is 4.74 Å². The lowest BCUT2D eigenvalue weighted by Gasteiger charge is -2.26. The Morgan fingerprint density at radius 2 is 2.09 bits per heavy atom. The van der Waals surface area contributed by atoms with Gasteiger partial charge in [0.05, 0.1) is 35.8 Å². The van der Waals surface area contributed by atoms with Crippen LogP contribution in [0.5, 0.6) is 0 Å². The Bertz CT molecular complexity index is 766. The van der Waals surface area contributed by atoms with E-state index in [1.54, 1.807) is 36.4 Å². The highest BCUT2D eigenvalue weighted by Crippen LogP contribution is 2.52. The molecule has 2 bridgehead atoms. The molecular weight excluding hydrogens is 284 g/mol. The van der Waals surface area contributed by atoms with Crippen LogP contribution in [0, 0.1) is 23.2 Å². The number of aliphatic hydroxyl groups is 1. The minimum Gasteiger partial charge on any atom is -0.393 e. The fourth-order valence-electron chi connectivity index (χ4n) is 3.68. The first-order valence-corrected chi connectivity index (χ1v) is 6.98. The first-order valence-electron chi connectivity index (χ1n) is 6.98. The molecule has 0 unspecified atom stereocenters. The number of anilines is 1. The number of benzene rings is 1. The van der Waals surface area contributed by atoms with Crippen LogP contribution in [0.3, 0.4) is 0 Å². The molecule has 110 valence electrons. The van der Waals surface area contributed by atoms with Crippen LogP contribution in [0.25, 0.3) is 0 Å². The summed E-state index contributed by atoms with van der Waals surface area (Å²) in [6.45, 7) is -0.353. The second-order valence-electron chi connectivity index (χ2n) is 5.70. The normalized spacial score (nSPS) is 35.1. The van der Waals surface area contributed by atoms with Gasteiger partial charge in [0.1, 0.15) is 11.7 Å². The summed E-state index contributed by atoms with van der Waals surface area (Å²) in [6.07, 6.45) is 2.90. The van der Waals surface area contributed by atoms with Crippen LogP contribution in [-0.2, 0) is 14.3 Å². The molecule has 6 nitrogen and oxygen atoms in total. The number of para-hydroxylation sites is 1. The summed E-state index contributed by atoms with van der Waals surface area (Å²) in [5.74, 6) is -2.15. The molecule has 3 aliphatic rings. The number of hydrogen-bond donors (Lipinski definition) is 1. The zero-order valence-corrected chi connectivity index (χ0v) is 11.5. The van der Waals surface area contributed by atoms with Gasteiger partial charge in [-0.25, -0.2) is 4.90 Å². The van der Waals surface area contributed by atoms with E-state index in [0.29, 0.717) is 5.69 Å². The summed E-state index contributed by atoms with van der Waals surface area (Å²) in [5.41, 5.74) is -0.552. The Labute approximate surface area is 126 Å². The van der Waals surface area contributed by atoms with Crippen LogP contribution in [0.4, 0.5) is 5.69 Å². The van der Waals surface area contributed by atoms with Crippen molar-refractivity contribution < 1.29 is 19.4 Å². The lowest BCUT2D eigenvalue weighted by molar-refractivity contribution is -0.128. The Hall–Kier alpha value is -2.49. The molecule has 0 radical (unpaired) electrons. The molecule has 0 saturated carbocycles. The largest absolute Gasteiger partial charge is 0.393 e. The average Bonchev–Trinajstić information content (AvgIpc) is 3.18. The van der Waals surface area contributed by atoms with Gasteiger partial charge in [-0.3, -0.25) is 9.59 Å². The zero-order valence-electron chi connectivity index (χ0n) is 11.5. The van der Waals surface area contributed by atoms with E-state index in [0.717, 1.165) is 4.90 Å². The van der Waals surface area contributed by atoms with Gasteiger partial charge in [0.2, 0.25) is 11.8 Å². The van der Waals surface area contributed by atoms with E-state index in [2.05, 4.69) is 0 Å². The molecule has 0 aromatic heterocycles.